The van der Waals surface area contributed by atoms with E-state index in [2.05, 4.69) is 5.32 Å². The Morgan fingerprint density at radius 1 is 1.43 bits per heavy atom. The highest BCUT2D eigenvalue weighted by atomic mass is 35.5. The molecule has 4 nitrogen and oxygen atoms in total. The summed E-state index contributed by atoms with van der Waals surface area (Å²) in [5.41, 5.74) is 5.59. The Bertz CT molecular complexity index is 348. The minimum atomic E-state index is -0.267. The van der Waals surface area contributed by atoms with Crippen molar-refractivity contribution >= 4 is 23.3 Å². The zero-order valence-electron chi connectivity index (χ0n) is 7.38. The fourth-order valence-electron chi connectivity index (χ4n) is 0.879. The topological polar surface area (TPSA) is 79.0 Å². The second-order valence-electron chi connectivity index (χ2n) is 2.71. The molecular weight excluding hydrogens is 202 g/mol. The first-order valence-corrected chi connectivity index (χ1v) is 4.34. The van der Waals surface area contributed by atoms with Crippen molar-refractivity contribution in [1.29, 1.82) is 5.41 Å². The molecule has 14 heavy (non-hydrogen) atoms. The van der Waals surface area contributed by atoms with Crippen LogP contribution in [0, 0.1) is 5.41 Å². The van der Waals surface area contributed by atoms with Gasteiger partial charge in [-0.25, -0.2) is 0 Å². The van der Waals surface area contributed by atoms with Gasteiger partial charge in [-0.3, -0.25) is 10.2 Å². The number of carbonyl (C=O) groups excluding carboxylic acids is 1. The summed E-state index contributed by atoms with van der Waals surface area (Å²) in [6.45, 7) is 0.0570. The van der Waals surface area contributed by atoms with Gasteiger partial charge >= 0.3 is 0 Å². The summed E-state index contributed by atoms with van der Waals surface area (Å²) in [4.78, 5) is 11.4. The van der Waals surface area contributed by atoms with Crippen molar-refractivity contribution in [2.75, 3.05) is 6.54 Å². The number of amidine groups is 1. The molecule has 0 aromatic heterocycles. The van der Waals surface area contributed by atoms with Gasteiger partial charge in [-0.05, 0) is 24.3 Å². The van der Waals surface area contributed by atoms with Crippen LogP contribution in [-0.4, -0.2) is 18.3 Å². The van der Waals surface area contributed by atoms with Gasteiger partial charge in [-0.1, -0.05) is 11.6 Å². The Morgan fingerprint density at radius 3 is 2.50 bits per heavy atom. The van der Waals surface area contributed by atoms with Gasteiger partial charge in [0.05, 0.1) is 6.54 Å². The molecule has 1 aromatic rings. The van der Waals surface area contributed by atoms with Gasteiger partial charge in [0.1, 0.15) is 5.84 Å². The maximum absolute atomic E-state index is 11.4. The zero-order valence-corrected chi connectivity index (χ0v) is 8.14. The Morgan fingerprint density at radius 2 is 2.00 bits per heavy atom. The van der Waals surface area contributed by atoms with E-state index < -0.39 is 0 Å². The third-order valence-electron chi connectivity index (χ3n) is 1.55. The highest BCUT2D eigenvalue weighted by molar-refractivity contribution is 6.30. The first-order valence-electron chi connectivity index (χ1n) is 3.96. The van der Waals surface area contributed by atoms with Crippen LogP contribution in [0.2, 0.25) is 5.02 Å². The lowest BCUT2D eigenvalue weighted by Crippen LogP contribution is -2.32. The quantitative estimate of drug-likeness (QED) is 0.515. The number of hydrogen-bond acceptors (Lipinski definition) is 2. The van der Waals surface area contributed by atoms with E-state index in [9.17, 15) is 4.79 Å². The lowest BCUT2D eigenvalue weighted by Gasteiger charge is -2.03. The van der Waals surface area contributed by atoms with Crippen molar-refractivity contribution in [1.82, 2.24) is 5.32 Å². The molecule has 1 aromatic carbocycles. The van der Waals surface area contributed by atoms with Crippen molar-refractivity contribution in [3.05, 3.63) is 34.9 Å². The summed E-state index contributed by atoms with van der Waals surface area (Å²) in [5, 5.41) is 9.99. The Labute approximate surface area is 86.6 Å². The molecule has 4 N–H and O–H groups in total. The van der Waals surface area contributed by atoms with Crippen LogP contribution in [0.5, 0.6) is 0 Å². The maximum Gasteiger partial charge on any atom is 0.251 e. The van der Waals surface area contributed by atoms with E-state index in [1.54, 1.807) is 24.3 Å². The van der Waals surface area contributed by atoms with Crippen molar-refractivity contribution < 1.29 is 4.79 Å². The van der Waals surface area contributed by atoms with Gasteiger partial charge in [0.15, 0.2) is 0 Å². The molecule has 0 radical (unpaired) electrons. The number of carbonyl (C=O) groups is 1. The lowest BCUT2D eigenvalue weighted by atomic mass is 10.2. The van der Waals surface area contributed by atoms with E-state index in [-0.39, 0.29) is 18.3 Å². The minimum Gasteiger partial charge on any atom is -0.386 e. The van der Waals surface area contributed by atoms with Crippen LogP contribution in [-0.2, 0) is 0 Å². The van der Waals surface area contributed by atoms with Gasteiger partial charge in [0, 0.05) is 10.6 Å². The fraction of sp³-hybridized carbons (Fsp3) is 0.111. The fourth-order valence-corrected chi connectivity index (χ4v) is 1.00. The van der Waals surface area contributed by atoms with Crippen LogP contribution in [0.15, 0.2) is 24.3 Å². The molecular formula is C9H10ClN3O. The van der Waals surface area contributed by atoms with E-state index >= 15 is 0 Å². The Kier molecular flexibility index (Phi) is 3.48. The standard InChI is InChI=1S/C9H10ClN3O/c10-7-3-1-6(2-4-7)9(14)13-5-8(11)12/h1-4H,5H2,(H3,11,12)(H,13,14). The molecule has 0 spiro atoms. The molecule has 5 heteroatoms. The van der Waals surface area contributed by atoms with Crippen LogP contribution < -0.4 is 11.1 Å². The summed E-state index contributed by atoms with van der Waals surface area (Å²) in [7, 11) is 0. The van der Waals surface area contributed by atoms with Crippen LogP contribution in [0.3, 0.4) is 0 Å². The van der Waals surface area contributed by atoms with Crippen LogP contribution in [0.1, 0.15) is 10.4 Å². The summed E-state index contributed by atoms with van der Waals surface area (Å²) >= 11 is 5.66. The van der Waals surface area contributed by atoms with E-state index in [1.807, 2.05) is 0 Å². The SMILES string of the molecule is N=C(N)CNC(=O)c1ccc(Cl)cc1. The molecule has 0 saturated carbocycles. The molecule has 0 unspecified atom stereocenters. The number of nitrogens with two attached hydrogens (primary N) is 1. The number of amides is 1. The van der Waals surface area contributed by atoms with E-state index in [0.717, 1.165) is 0 Å². The molecule has 0 aliphatic carbocycles. The minimum absolute atomic E-state index is 0.0570. The molecule has 0 atom stereocenters. The largest absolute Gasteiger partial charge is 0.386 e. The molecule has 0 saturated heterocycles. The number of rotatable bonds is 3. The zero-order chi connectivity index (χ0) is 10.6. The first-order chi connectivity index (χ1) is 6.59. The molecule has 74 valence electrons. The van der Waals surface area contributed by atoms with Gasteiger partial charge in [0.25, 0.3) is 5.91 Å². The van der Waals surface area contributed by atoms with Gasteiger partial charge in [-0.2, -0.15) is 0 Å². The summed E-state index contributed by atoms with van der Waals surface area (Å²) in [6, 6.07) is 6.48. The van der Waals surface area contributed by atoms with Crippen molar-refractivity contribution in [3.8, 4) is 0 Å². The summed E-state index contributed by atoms with van der Waals surface area (Å²) < 4.78 is 0. The van der Waals surface area contributed by atoms with Crippen molar-refractivity contribution in [2.45, 2.75) is 0 Å². The average Bonchev–Trinajstić information content (AvgIpc) is 2.15. The third-order valence-corrected chi connectivity index (χ3v) is 1.80. The van der Waals surface area contributed by atoms with Gasteiger partial charge < -0.3 is 11.1 Å². The van der Waals surface area contributed by atoms with E-state index in [1.165, 1.54) is 0 Å². The Balaban J connectivity index is 2.61. The monoisotopic (exact) mass is 211 g/mol. The van der Waals surface area contributed by atoms with E-state index in [0.29, 0.717) is 10.6 Å². The second-order valence-corrected chi connectivity index (χ2v) is 3.15. The molecule has 0 bridgehead atoms. The molecule has 1 rings (SSSR count). The smallest absolute Gasteiger partial charge is 0.251 e. The summed E-state index contributed by atoms with van der Waals surface area (Å²) in [5.74, 6) is -0.343. The van der Waals surface area contributed by atoms with Crippen LogP contribution >= 0.6 is 11.6 Å². The number of benzene rings is 1. The highest BCUT2D eigenvalue weighted by Gasteiger charge is 2.04. The second kappa shape index (κ2) is 4.62. The van der Waals surface area contributed by atoms with E-state index in [4.69, 9.17) is 22.7 Å². The van der Waals surface area contributed by atoms with Crippen LogP contribution in [0.25, 0.3) is 0 Å². The number of nitrogens with one attached hydrogen (secondary N) is 2. The highest BCUT2D eigenvalue weighted by Crippen LogP contribution is 2.08. The normalized spacial score (nSPS) is 9.50. The lowest BCUT2D eigenvalue weighted by molar-refractivity contribution is 0.0959. The third kappa shape index (κ3) is 3.06. The van der Waals surface area contributed by atoms with Gasteiger partial charge in [-0.15, -0.1) is 0 Å². The molecule has 0 fully saturated rings. The predicted octanol–water partition coefficient (Wildman–Crippen LogP) is 1.01. The predicted molar refractivity (Wildman–Crippen MR) is 55.7 cm³/mol. The molecule has 0 aliphatic rings. The van der Waals surface area contributed by atoms with Crippen molar-refractivity contribution in [3.63, 3.8) is 0 Å². The number of hydrogen-bond donors (Lipinski definition) is 3. The first kappa shape index (κ1) is 10.5. The molecule has 1 amide bonds. The number of halogens is 1. The van der Waals surface area contributed by atoms with Crippen LogP contribution in [0.4, 0.5) is 0 Å². The molecule has 0 aliphatic heterocycles. The summed E-state index contributed by atoms with van der Waals surface area (Å²) in [6.07, 6.45) is 0. The van der Waals surface area contributed by atoms with Crippen molar-refractivity contribution in [2.24, 2.45) is 5.73 Å². The molecule has 0 heterocycles. The Hall–Kier alpha value is -1.55. The average molecular weight is 212 g/mol. The van der Waals surface area contributed by atoms with Gasteiger partial charge in [0.2, 0.25) is 0 Å². The maximum atomic E-state index is 11.4.